The number of benzene rings is 1. The minimum Gasteiger partial charge on any atom is -0.396 e. The molecule has 1 fully saturated rings. The molecule has 1 aromatic heterocycles. The van der Waals surface area contributed by atoms with Crippen molar-refractivity contribution < 1.29 is 14.7 Å². The molecule has 1 atom stereocenters. The van der Waals surface area contributed by atoms with Gasteiger partial charge in [-0.15, -0.1) is 0 Å². The van der Waals surface area contributed by atoms with E-state index in [0.717, 1.165) is 25.1 Å². The van der Waals surface area contributed by atoms with Crippen LogP contribution in [0.15, 0.2) is 16.8 Å². The quantitative estimate of drug-likeness (QED) is 0.667. The van der Waals surface area contributed by atoms with E-state index in [1.54, 1.807) is 6.07 Å². The van der Waals surface area contributed by atoms with Gasteiger partial charge in [0.15, 0.2) is 5.52 Å². The molecule has 2 heterocycles. The molecule has 0 amide bonds. The Balaban J connectivity index is 2.02. The van der Waals surface area contributed by atoms with Crippen LogP contribution in [0.2, 0.25) is 0 Å². The zero-order valence-corrected chi connectivity index (χ0v) is 10.7. The van der Waals surface area contributed by atoms with Crippen LogP contribution in [0.25, 0.3) is 11.0 Å². The predicted octanol–water partition coefficient (Wildman–Crippen LogP) is 1.34. The van der Waals surface area contributed by atoms with E-state index in [1.807, 2.05) is 0 Å². The zero-order valence-electron chi connectivity index (χ0n) is 10.7. The summed E-state index contributed by atoms with van der Waals surface area (Å²) in [7, 11) is 0. The zero-order chi connectivity index (χ0) is 14.1. The second kappa shape index (κ2) is 5.04. The molecule has 0 radical (unpaired) electrons. The summed E-state index contributed by atoms with van der Waals surface area (Å²) < 4.78 is 4.66. The lowest BCUT2D eigenvalue weighted by Gasteiger charge is -2.33. The molecule has 0 bridgehead atoms. The topological polar surface area (TPSA) is 106 Å². The number of anilines is 1. The summed E-state index contributed by atoms with van der Waals surface area (Å²) in [5.74, 6) is 0.217. The van der Waals surface area contributed by atoms with Crippen LogP contribution in [0, 0.1) is 16.0 Å². The van der Waals surface area contributed by atoms with Gasteiger partial charge in [0.2, 0.25) is 5.52 Å². The Morgan fingerprint density at radius 1 is 1.45 bits per heavy atom. The molecule has 3 rings (SSSR count). The number of hydrogen-bond donors (Lipinski definition) is 1. The van der Waals surface area contributed by atoms with Gasteiger partial charge in [0.25, 0.3) is 0 Å². The van der Waals surface area contributed by atoms with E-state index in [0.29, 0.717) is 12.1 Å². The number of hydrogen-bond acceptors (Lipinski definition) is 7. The molecule has 0 aliphatic carbocycles. The second-order valence-electron chi connectivity index (χ2n) is 4.96. The summed E-state index contributed by atoms with van der Waals surface area (Å²) in [5, 5.41) is 27.7. The summed E-state index contributed by atoms with van der Waals surface area (Å²) >= 11 is 0. The largest absolute Gasteiger partial charge is 0.396 e. The fourth-order valence-corrected chi connectivity index (χ4v) is 2.68. The van der Waals surface area contributed by atoms with Gasteiger partial charge in [-0.05, 0) is 35.1 Å². The Bertz CT molecular complexity index is 641. The fourth-order valence-electron chi connectivity index (χ4n) is 2.68. The van der Waals surface area contributed by atoms with Crippen molar-refractivity contribution in [3.8, 4) is 0 Å². The lowest BCUT2D eigenvalue weighted by atomic mass is 9.98. The van der Waals surface area contributed by atoms with E-state index in [9.17, 15) is 15.2 Å². The average molecular weight is 278 g/mol. The molecule has 1 aromatic carbocycles. The number of fused-ring (bicyclic) bond motifs is 1. The van der Waals surface area contributed by atoms with E-state index in [-0.39, 0.29) is 23.7 Å². The van der Waals surface area contributed by atoms with E-state index in [4.69, 9.17) is 0 Å². The van der Waals surface area contributed by atoms with Gasteiger partial charge >= 0.3 is 5.69 Å². The molecular formula is C12H14N4O4. The van der Waals surface area contributed by atoms with E-state index in [2.05, 4.69) is 19.8 Å². The second-order valence-corrected chi connectivity index (χ2v) is 4.96. The molecule has 20 heavy (non-hydrogen) atoms. The van der Waals surface area contributed by atoms with Crippen molar-refractivity contribution in [3.63, 3.8) is 0 Å². The third kappa shape index (κ3) is 2.07. The highest BCUT2D eigenvalue weighted by Gasteiger charge is 2.25. The van der Waals surface area contributed by atoms with Gasteiger partial charge < -0.3 is 10.0 Å². The maximum Gasteiger partial charge on any atom is 0.300 e. The summed E-state index contributed by atoms with van der Waals surface area (Å²) in [6.07, 6.45) is 1.95. The van der Waals surface area contributed by atoms with Crippen molar-refractivity contribution in [2.45, 2.75) is 12.8 Å². The van der Waals surface area contributed by atoms with Gasteiger partial charge in [0.05, 0.1) is 10.6 Å². The van der Waals surface area contributed by atoms with Gasteiger partial charge in [-0.2, -0.15) is 0 Å². The minimum atomic E-state index is -0.497. The Labute approximate surface area is 114 Å². The molecule has 1 saturated heterocycles. The molecule has 106 valence electrons. The summed E-state index contributed by atoms with van der Waals surface area (Å²) in [5.41, 5.74) is 1.22. The number of aliphatic hydroxyl groups excluding tert-OH is 1. The lowest BCUT2D eigenvalue weighted by molar-refractivity contribution is -0.383. The summed E-state index contributed by atoms with van der Waals surface area (Å²) in [6, 6.07) is 3.09. The van der Waals surface area contributed by atoms with Crippen molar-refractivity contribution in [3.05, 3.63) is 22.2 Å². The molecule has 2 aromatic rings. The Morgan fingerprint density at radius 3 is 3.00 bits per heavy atom. The third-order valence-electron chi connectivity index (χ3n) is 3.69. The smallest absolute Gasteiger partial charge is 0.300 e. The van der Waals surface area contributed by atoms with Gasteiger partial charge in [-0.3, -0.25) is 10.1 Å². The van der Waals surface area contributed by atoms with Crippen LogP contribution in [0.3, 0.4) is 0 Å². The molecular weight excluding hydrogens is 264 g/mol. The number of nitrogens with zero attached hydrogens (tertiary/aromatic N) is 4. The first-order valence-electron chi connectivity index (χ1n) is 6.46. The van der Waals surface area contributed by atoms with Crippen LogP contribution in [0.4, 0.5) is 11.4 Å². The molecule has 0 spiro atoms. The molecule has 8 heteroatoms. The maximum absolute atomic E-state index is 10.9. The van der Waals surface area contributed by atoms with Gasteiger partial charge in [0, 0.05) is 25.8 Å². The molecule has 8 nitrogen and oxygen atoms in total. The predicted molar refractivity (Wildman–Crippen MR) is 70.5 cm³/mol. The number of rotatable bonds is 3. The Hall–Kier alpha value is -2.22. The molecule has 1 aliphatic heterocycles. The van der Waals surface area contributed by atoms with E-state index in [1.165, 1.54) is 6.07 Å². The number of piperidine rings is 1. The van der Waals surface area contributed by atoms with Gasteiger partial charge in [-0.1, -0.05) is 0 Å². The van der Waals surface area contributed by atoms with Crippen molar-refractivity contribution >= 4 is 22.4 Å². The van der Waals surface area contributed by atoms with Crippen molar-refractivity contribution in [2.75, 3.05) is 24.6 Å². The first-order chi connectivity index (χ1) is 9.70. The van der Waals surface area contributed by atoms with Gasteiger partial charge in [0.1, 0.15) is 0 Å². The van der Waals surface area contributed by atoms with Crippen LogP contribution >= 0.6 is 0 Å². The highest BCUT2D eigenvalue weighted by atomic mass is 16.6. The van der Waals surface area contributed by atoms with Crippen LogP contribution in [-0.4, -0.2) is 40.0 Å². The van der Waals surface area contributed by atoms with E-state index >= 15 is 0 Å². The number of nitro groups is 1. The Kier molecular flexibility index (Phi) is 3.23. The number of nitro benzene ring substituents is 1. The highest BCUT2D eigenvalue weighted by molar-refractivity contribution is 5.93. The van der Waals surface area contributed by atoms with Crippen LogP contribution in [0.5, 0.6) is 0 Å². The molecule has 1 aliphatic rings. The summed E-state index contributed by atoms with van der Waals surface area (Å²) in [4.78, 5) is 12.5. The standard InChI is InChI=1S/C12H14N4O4/c17-7-8-2-1-5-15(6-8)9-3-4-10(16(18)19)12-11(9)13-20-14-12/h3-4,8,17H,1-2,5-7H2/t8-/m1/s1. The Morgan fingerprint density at radius 2 is 2.25 bits per heavy atom. The minimum absolute atomic E-state index is 0.110. The third-order valence-corrected chi connectivity index (χ3v) is 3.69. The molecule has 1 N–H and O–H groups in total. The van der Waals surface area contributed by atoms with Crippen LogP contribution in [-0.2, 0) is 0 Å². The SMILES string of the molecule is O=[N+]([O-])c1ccc(N2CCC[C@@H](CO)C2)c2nonc12. The highest BCUT2D eigenvalue weighted by Crippen LogP contribution is 2.33. The number of aromatic nitrogens is 2. The monoisotopic (exact) mass is 278 g/mol. The molecule has 0 saturated carbocycles. The van der Waals surface area contributed by atoms with Crippen LogP contribution < -0.4 is 4.90 Å². The van der Waals surface area contributed by atoms with Crippen molar-refractivity contribution in [1.82, 2.24) is 10.3 Å². The molecule has 0 unspecified atom stereocenters. The number of aliphatic hydroxyl groups is 1. The number of non-ortho nitro benzene ring substituents is 1. The first kappa shape index (κ1) is 12.8. The van der Waals surface area contributed by atoms with Crippen molar-refractivity contribution in [1.29, 1.82) is 0 Å². The lowest BCUT2D eigenvalue weighted by Crippen LogP contribution is -2.36. The van der Waals surface area contributed by atoms with Crippen LogP contribution in [0.1, 0.15) is 12.8 Å². The fraction of sp³-hybridized carbons (Fsp3) is 0.500. The normalized spacial score (nSPS) is 19.4. The van der Waals surface area contributed by atoms with E-state index < -0.39 is 4.92 Å². The maximum atomic E-state index is 10.9. The van der Waals surface area contributed by atoms with Crippen molar-refractivity contribution in [2.24, 2.45) is 5.92 Å². The average Bonchev–Trinajstić information content (AvgIpc) is 2.95. The van der Waals surface area contributed by atoms with Gasteiger partial charge in [-0.25, -0.2) is 4.63 Å². The first-order valence-corrected chi connectivity index (χ1v) is 6.46. The summed E-state index contributed by atoms with van der Waals surface area (Å²) in [6.45, 7) is 1.68.